The molecule has 1 aliphatic rings. The third kappa shape index (κ3) is 3.03. The number of aryl methyl sites for hydroxylation is 2. The first-order valence-electron chi connectivity index (χ1n) is 7.14. The van der Waals surface area contributed by atoms with E-state index in [1.807, 2.05) is 13.8 Å². The van der Waals surface area contributed by atoms with Crippen LogP contribution in [0.3, 0.4) is 0 Å². The fourth-order valence-electron chi connectivity index (χ4n) is 3.29. The Labute approximate surface area is 116 Å². The van der Waals surface area contributed by atoms with Crippen molar-refractivity contribution in [3.8, 4) is 0 Å². The van der Waals surface area contributed by atoms with Crippen LogP contribution in [0.25, 0.3) is 0 Å². The van der Waals surface area contributed by atoms with Gasteiger partial charge < -0.3 is 14.5 Å². The molecule has 108 valence electrons. The molecular formula is C16H27NO2. The Bertz CT molecular complexity index is 459. The largest absolute Gasteiger partial charge is 0.466 e. The first-order valence-corrected chi connectivity index (χ1v) is 7.14. The summed E-state index contributed by atoms with van der Waals surface area (Å²) >= 11 is 0. The Morgan fingerprint density at radius 1 is 1.26 bits per heavy atom. The van der Waals surface area contributed by atoms with Gasteiger partial charge in [-0.2, -0.15) is 0 Å². The normalized spacial score (nSPS) is 26.6. The van der Waals surface area contributed by atoms with Crippen molar-refractivity contribution >= 4 is 0 Å². The van der Waals surface area contributed by atoms with Crippen LogP contribution in [0.2, 0.25) is 0 Å². The predicted molar refractivity (Wildman–Crippen MR) is 77.4 cm³/mol. The summed E-state index contributed by atoms with van der Waals surface area (Å²) in [6.45, 7) is 14.9. The number of furan rings is 1. The van der Waals surface area contributed by atoms with Gasteiger partial charge in [0, 0.05) is 17.6 Å². The van der Waals surface area contributed by atoms with E-state index in [9.17, 15) is 0 Å². The van der Waals surface area contributed by atoms with E-state index < -0.39 is 0 Å². The quantitative estimate of drug-likeness (QED) is 0.900. The SMILES string of the molecule is Cc1cc(C(C)NC2CC(C)(C)OC2(C)C)c(C)o1. The van der Waals surface area contributed by atoms with Gasteiger partial charge in [0.05, 0.1) is 11.2 Å². The molecule has 1 fully saturated rings. The Hall–Kier alpha value is -0.800. The Morgan fingerprint density at radius 3 is 2.32 bits per heavy atom. The van der Waals surface area contributed by atoms with Gasteiger partial charge in [-0.3, -0.25) is 0 Å². The molecular weight excluding hydrogens is 238 g/mol. The van der Waals surface area contributed by atoms with Gasteiger partial charge in [0.15, 0.2) is 0 Å². The molecule has 0 amide bonds. The van der Waals surface area contributed by atoms with Gasteiger partial charge in [-0.05, 0) is 61.0 Å². The molecule has 0 radical (unpaired) electrons. The van der Waals surface area contributed by atoms with E-state index in [-0.39, 0.29) is 17.2 Å². The molecule has 2 atom stereocenters. The summed E-state index contributed by atoms with van der Waals surface area (Å²) in [5.74, 6) is 1.98. The highest BCUT2D eigenvalue weighted by Gasteiger charge is 2.46. The Balaban J connectivity index is 2.11. The summed E-state index contributed by atoms with van der Waals surface area (Å²) in [5, 5.41) is 3.71. The molecule has 3 nitrogen and oxygen atoms in total. The zero-order valence-corrected chi connectivity index (χ0v) is 13.3. The molecule has 1 aromatic rings. The fraction of sp³-hybridized carbons (Fsp3) is 0.750. The molecule has 0 bridgehead atoms. The van der Waals surface area contributed by atoms with Crippen molar-refractivity contribution in [3.63, 3.8) is 0 Å². The second-order valence-corrected chi connectivity index (χ2v) is 6.98. The van der Waals surface area contributed by atoms with Crippen LogP contribution in [-0.4, -0.2) is 17.2 Å². The number of hydrogen-bond acceptors (Lipinski definition) is 3. The maximum atomic E-state index is 6.14. The fourth-order valence-corrected chi connectivity index (χ4v) is 3.29. The molecule has 0 spiro atoms. The average molecular weight is 265 g/mol. The van der Waals surface area contributed by atoms with Gasteiger partial charge >= 0.3 is 0 Å². The predicted octanol–water partition coefficient (Wildman–Crippen LogP) is 3.89. The maximum absolute atomic E-state index is 6.14. The summed E-state index contributed by atoms with van der Waals surface area (Å²) in [6, 6.07) is 2.76. The van der Waals surface area contributed by atoms with Crippen LogP contribution < -0.4 is 5.32 Å². The van der Waals surface area contributed by atoms with Crippen LogP contribution in [0, 0.1) is 13.8 Å². The minimum atomic E-state index is -0.134. The van der Waals surface area contributed by atoms with E-state index >= 15 is 0 Å². The van der Waals surface area contributed by atoms with E-state index in [1.54, 1.807) is 0 Å². The van der Waals surface area contributed by atoms with Gasteiger partial charge in [0.25, 0.3) is 0 Å². The van der Waals surface area contributed by atoms with Crippen LogP contribution in [0.5, 0.6) is 0 Å². The van der Waals surface area contributed by atoms with Crippen LogP contribution in [0.4, 0.5) is 0 Å². The van der Waals surface area contributed by atoms with E-state index in [2.05, 4.69) is 46.0 Å². The molecule has 1 aromatic heterocycles. The highest BCUT2D eigenvalue weighted by molar-refractivity contribution is 5.24. The van der Waals surface area contributed by atoms with Crippen molar-refractivity contribution in [2.45, 2.75) is 78.2 Å². The molecule has 1 N–H and O–H groups in total. The Morgan fingerprint density at radius 2 is 1.89 bits per heavy atom. The van der Waals surface area contributed by atoms with Crippen molar-refractivity contribution in [2.75, 3.05) is 0 Å². The zero-order chi connectivity index (χ0) is 14.4. The van der Waals surface area contributed by atoms with Crippen LogP contribution >= 0.6 is 0 Å². The second kappa shape index (κ2) is 4.64. The van der Waals surface area contributed by atoms with Gasteiger partial charge in [-0.15, -0.1) is 0 Å². The summed E-state index contributed by atoms with van der Waals surface area (Å²) in [4.78, 5) is 0. The summed E-state index contributed by atoms with van der Waals surface area (Å²) in [6.07, 6.45) is 1.03. The third-order valence-electron chi connectivity index (χ3n) is 4.07. The van der Waals surface area contributed by atoms with Crippen molar-refractivity contribution in [3.05, 3.63) is 23.2 Å². The molecule has 2 rings (SSSR count). The zero-order valence-electron chi connectivity index (χ0n) is 13.3. The minimum absolute atomic E-state index is 0.0533. The van der Waals surface area contributed by atoms with Gasteiger partial charge in [-0.25, -0.2) is 0 Å². The standard InChI is InChI=1S/C16H27NO2/c1-10-8-13(12(3)18-10)11(2)17-14-9-15(4,5)19-16(14,6)7/h8,11,14,17H,9H2,1-7H3. The van der Waals surface area contributed by atoms with Crippen molar-refractivity contribution < 1.29 is 9.15 Å². The number of rotatable bonds is 3. The van der Waals surface area contributed by atoms with E-state index in [0.29, 0.717) is 6.04 Å². The second-order valence-electron chi connectivity index (χ2n) is 6.98. The lowest BCUT2D eigenvalue weighted by atomic mass is 9.93. The first-order chi connectivity index (χ1) is 8.61. The Kier molecular flexibility index (Phi) is 3.56. The van der Waals surface area contributed by atoms with Gasteiger partial charge in [0.1, 0.15) is 11.5 Å². The third-order valence-corrected chi connectivity index (χ3v) is 4.07. The number of hydrogen-bond donors (Lipinski definition) is 1. The van der Waals surface area contributed by atoms with Crippen molar-refractivity contribution in [1.82, 2.24) is 5.32 Å². The van der Waals surface area contributed by atoms with E-state index in [1.165, 1.54) is 5.56 Å². The van der Waals surface area contributed by atoms with Crippen LogP contribution in [-0.2, 0) is 4.74 Å². The molecule has 0 saturated carbocycles. The lowest BCUT2D eigenvalue weighted by Gasteiger charge is -2.30. The topological polar surface area (TPSA) is 34.4 Å². The average Bonchev–Trinajstić information content (AvgIpc) is 2.63. The molecule has 2 heterocycles. The molecule has 0 aromatic carbocycles. The summed E-state index contributed by atoms with van der Waals surface area (Å²) in [5.41, 5.74) is 1.06. The van der Waals surface area contributed by atoms with Gasteiger partial charge in [0.2, 0.25) is 0 Å². The molecule has 1 saturated heterocycles. The molecule has 1 aliphatic heterocycles. The smallest absolute Gasteiger partial charge is 0.105 e. The number of ether oxygens (including phenoxy) is 1. The summed E-state index contributed by atoms with van der Waals surface area (Å²) < 4.78 is 11.8. The highest BCUT2D eigenvalue weighted by atomic mass is 16.5. The molecule has 2 unspecified atom stereocenters. The van der Waals surface area contributed by atoms with E-state index in [4.69, 9.17) is 9.15 Å². The summed E-state index contributed by atoms with van der Waals surface area (Å²) in [7, 11) is 0. The first kappa shape index (κ1) is 14.6. The molecule has 3 heteroatoms. The molecule has 0 aliphatic carbocycles. The van der Waals surface area contributed by atoms with Crippen LogP contribution in [0.1, 0.15) is 64.2 Å². The number of nitrogens with one attached hydrogen (secondary N) is 1. The maximum Gasteiger partial charge on any atom is 0.105 e. The van der Waals surface area contributed by atoms with Gasteiger partial charge in [-0.1, -0.05) is 0 Å². The minimum Gasteiger partial charge on any atom is -0.466 e. The lowest BCUT2D eigenvalue weighted by Crippen LogP contribution is -2.44. The highest BCUT2D eigenvalue weighted by Crippen LogP contribution is 2.38. The van der Waals surface area contributed by atoms with Crippen LogP contribution in [0.15, 0.2) is 10.5 Å². The molecule has 19 heavy (non-hydrogen) atoms. The lowest BCUT2D eigenvalue weighted by molar-refractivity contribution is -0.0704. The monoisotopic (exact) mass is 265 g/mol. The van der Waals surface area contributed by atoms with Crippen molar-refractivity contribution in [2.24, 2.45) is 0 Å². The van der Waals surface area contributed by atoms with E-state index in [0.717, 1.165) is 17.9 Å². The van der Waals surface area contributed by atoms with Crippen molar-refractivity contribution in [1.29, 1.82) is 0 Å².